The molecule has 2 heterocycles. The van der Waals surface area contributed by atoms with Crippen LogP contribution in [0.2, 0.25) is 0 Å². The molecule has 0 N–H and O–H groups in total. The van der Waals surface area contributed by atoms with Gasteiger partial charge in [0.15, 0.2) is 5.82 Å². The summed E-state index contributed by atoms with van der Waals surface area (Å²) in [5.41, 5.74) is 1.74. The lowest BCUT2D eigenvalue weighted by Crippen LogP contribution is -2.21. The van der Waals surface area contributed by atoms with Crippen LogP contribution in [-0.2, 0) is 0 Å². The van der Waals surface area contributed by atoms with E-state index in [1.807, 2.05) is 73.0 Å². The van der Waals surface area contributed by atoms with Crippen molar-refractivity contribution >= 4 is 23.1 Å². The van der Waals surface area contributed by atoms with Gasteiger partial charge in [0.2, 0.25) is 0 Å². The summed E-state index contributed by atoms with van der Waals surface area (Å²) in [6.45, 7) is 0. The van der Waals surface area contributed by atoms with Crippen LogP contribution in [0, 0.1) is 0 Å². The zero-order chi connectivity index (χ0) is 17.9. The van der Waals surface area contributed by atoms with Crippen LogP contribution in [0.3, 0.4) is 0 Å². The quantitative estimate of drug-likeness (QED) is 0.380. The zero-order valence-corrected chi connectivity index (χ0v) is 15.6. The molecule has 0 aliphatic carbocycles. The third-order valence-electron chi connectivity index (χ3n) is 3.88. The highest BCUT2D eigenvalue weighted by Gasteiger charge is 2.17. The Morgan fingerprint density at radius 1 is 0.885 bits per heavy atom. The molecule has 0 fully saturated rings. The fourth-order valence-electron chi connectivity index (χ4n) is 2.62. The highest BCUT2D eigenvalue weighted by molar-refractivity contribution is 7.98. The van der Waals surface area contributed by atoms with Crippen molar-refractivity contribution in [3.8, 4) is 26.8 Å². The molecule has 0 saturated heterocycles. The first-order valence-corrected chi connectivity index (χ1v) is 10.1. The molecule has 0 saturated carbocycles. The van der Waals surface area contributed by atoms with Gasteiger partial charge in [0.25, 0.3) is 0 Å². The van der Waals surface area contributed by atoms with Gasteiger partial charge in [0.1, 0.15) is 10.0 Å². The Labute approximate surface area is 159 Å². The van der Waals surface area contributed by atoms with E-state index in [9.17, 15) is 4.79 Å². The van der Waals surface area contributed by atoms with Gasteiger partial charge in [-0.3, -0.25) is 4.57 Å². The predicted molar refractivity (Wildman–Crippen MR) is 108 cm³/mol. The topological polar surface area (TPSA) is 47.8 Å². The van der Waals surface area contributed by atoms with E-state index >= 15 is 0 Å². The van der Waals surface area contributed by atoms with Crippen molar-refractivity contribution in [1.29, 1.82) is 0 Å². The summed E-state index contributed by atoms with van der Waals surface area (Å²) >= 11 is 3.02. The number of thioether (sulfide) groups is 1. The van der Waals surface area contributed by atoms with E-state index in [4.69, 9.17) is 4.98 Å². The van der Waals surface area contributed by atoms with Crippen LogP contribution in [0.4, 0.5) is 0 Å². The third kappa shape index (κ3) is 3.21. The second kappa shape index (κ2) is 7.27. The van der Waals surface area contributed by atoms with Crippen LogP contribution < -0.4 is 5.69 Å². The van der Waals surface area contributed by atoms with Crippen molar-refractivity contribution in [2.24, 2.45) is 0 Å². The van der Waals surface area contributed by atoms with Gasteiger partial charge in [0.05, 0.1) is 4.88 Å². The molecule has 0 unspecified atom stereocenters. The molecule has 128 valence electrons. The zero-order valence-electron chi connectivity index (χ0n) is 14.0. The van der Waals surface area contributed by atoms with Gasteiger partial charge in [0, 0.05) is 11.8 Å². The minimum absolute atomic E-state index is 0.320. The van der Waals surface area contributed by atoms with Crippen LogP contribution in [0.15, 0.2) is 82.7 Å². The number of thiazole rings is 1. The van der Waals surface area contributed by atoms with E-state index in [0.717, 1.165) is 21.0 Å². The lowest BCUT2D eigenvalue weighted by atomic mass is 10.2. The highest BCUT2D eigenvalue weighted by atomic mass is 32.2. The lowest BCUT2D eigenvalue weighted by Gasteiger charge is -2.05. The average Bonchev–Trinajstić information content (AvgIpc) is 3.14. The molecule has 2 aromatic carbocycles. The molecule has 4 nitrogen and oxygen atoms in total. The lowest BCUT2D eigenvalue weighted by molar-refractivity contribution is 0.851. The maximum Gasteiger partial charge on any atom is 0.354 e. The van der Waals surface area contributed by atoms with Crippen molar-refractivity contribution in [1.82, 2.24) is 14.5 Å². The van der Waals surface area contributed by atoms with Gasteiger partial charge >= 0.3 is 5.69 Å². The van der Waals surface area contributed by atoms with Crippen molar-refractivity contribution in [2.75, 3.05) is 6.26 Å². The predicted octanol–water partition coefficient (Wildman–Crippen LogP) is 4.74. The molecular formula is C20H15N3OS2. The Kier molecular flexibility index (Phi) is 4.69. The van der Waals surface area contributed by atoms with Crippen LogP contribution in [0.1, 0.15) is 0 Å². The van der Waals surface area contributed by atoms with E-state index in [1.54, 1.807) is 17.5 Å². The molecule has 2 aromatic heterocycles. The number of hydrogen-bond acceptors (Lipinski definition) is 5. The summed E-state index contributed by atoms with van der Waals surface area (Å²) in [4.78, 5) is 22.4. The Morgan fingerprint density at radius 3 is 2.15 bits per heavy atom. The second-order valence-electron chi connectivity index (χ2n) is 5.53. The van der Waals surface area contributed by atoms with E-state index in [-0.39, 0.29) is 5.69 Å². The highest BCUT2D eigenvalue weighted by Crippen LogP contribution is 2.36. The third-order valence-corrected chi connectivity index (χ3v) is 5.67. The van der Waals surface area contributed by atoms with Crippen molar-refractivity contribution in [3.63, 3.8) is 0 Å². The monoisotopic (exact) mass is 377 g/mol. The summed E-state index contributed by atoms with van der Waals surface area (Å²) in [6, 6.07) is 21.8. The Balaban J connectivity index is 1.93. The molecule has 0 radical (unpaired) electrons. The Bertz CT molecular complexity index is 1090. The van der Waals surface area contributed by atoms with E-state index in [1.165, 1.54) is 16.3 Å². The minimum Gasteiger partial charge on any atom is -0.250 e. The molecular weight excluding hydrogens is 362 g/mol. The van der Waals surface area contributed by atoms with Crippen LogP contribution in [0.5, 0.6) is 0 Å². The molecule has 0 spiro atoms. The smallest absolute Gasteiger partial charge is 0.250 e. The SMILES string of the molecule is CSc1ccn(-c2nc(-c3ccccc3)sc2-c2ccccc2)c(=O)n1. The molecule has 6 heteroatoms. The minimum atomic E-state index is -0.320. The van der Waals surface area contributed by atoms with Crippen molar-refractivity contribution < 1.29 is 0 Å². The molecule has 0 aliphatic heterocycles. The van der Waals surface area contributed by atoms with Gasteiger partial charge in [-0.05, 0) is 17.9 Å². The molecule has 4 aromatic rings. The van der Waals surface area contributed by atoms with Crippen molar-refractivity contribution in [2.45, 2.75) is 5.03 Å². The standard InChI is InChI=1S/C20H15N3OS2/c1-25-16-12-13-23(20(24)21-16)18-17(14-8-4-2-5-9-14)26-19(22-18)15-10-6-3-7-11-15/h2-13H,1H3. The van der Waals surface area contributed by atoms with E-state index in [0.29, 0.717) is 10.8 Å². The molecule has 0 atom stereocenters. The van der Waals surface area contributed by atoms with Gasteiger partial charge in [-0.1, -0.05) is 60.7 Å². The number of hydrogen-bond donors (Lipinski definition) is 0. The average molecular weight is 377 g/mol. The maximum absolute atomic E-state index is 12.5. The molecule has 0 aliphatic rings. The van der Waals surface area contributed by atoms with Crippen molar-refractivity contribution in [3.05, 3.63) is 83.4 Å². The number of aromatic nitrogens is 3. The van der Waals surface area contributed by atoms with Gasteiger partial charge in [-0.25, -0.2) is 9.78 Å². The Hall–Kier alpha value is -2.70. The molecule has 0 amide bonds. The van der Waals surface area contributed by atoms with E-state index < -0.39 is 0 Å². The fourth-order valence-corrected chi connectivity index (χ4v) is 4.05. The Morgan fingerprint density at radius 2 is 1.54 bits per heavy atom. The number of benzene rings is 2. The van der Waals surface area contributed by atoms with Crippen LogP contribution >= 0.6 is 23.1 Å². The summed E-state index contributed by atoms with van der Waals surface area (Å²) in [5.74, 6) is 0.616. The molecule has 26 heavy (non-hydrogen) atoms. The van der Waals surface area contributed by atoms with Gasteiger partial charge in [-0.15, -0.1) is 23.1 Å². The summed E-state index contributed by atoms with van der Waals surface area (Å²) in [5, 5.41) is 1.58. The largest absolute Gasteiger partial charge is 0.354 e. The van der Waals surface area contributed by atoms with Crippen LogP contribution in [-0.4, -0.2) is 20.8 Å². The number of rotatable bonds is 4. The molecule has 4 rings (SSSR count). The first kappa shape index (κ1) is 16.8. The fraction of sp³-hybridized carbons (Fsp3) is 0.0500. The summed E-state index contributed by atoms with van der Waals surface area (Å²) in [6.07, 6.45) is 3.65. The second-order valence-corrected chi connectivity index (χ2v) is 7.35. The summed E-state index contributed by atoms with van der Waals surface area (Å²) in [7, 11) is 0. The van der Waals surface area contributed by atoms with Gasteiger partial charge < -0.3 is 0 Å². The summed E-state index contributed by atoms with van der Waals surface area (Å²) < 4.78 is 1.52. The molecule has 0 bridgehead atoms. The number of nitrogens with zero attached hydrogens (tertiary/aromatic N) is 3. The van der Waals surface area contributed by atoms with Crippen LogP contribution in [0.25, 0.3) is 26.8 Å². The first-order chi connectivity index (χ1) is 12.8. The van der Waals surface area contributed by atoms with E-state index in [2.05, 4.69) is 4.98 Å². The normalized spacial score (nSPS) is 10.8. The first-order valence-electron chi connectivity index (χ1n) is 8.02. The maximum atomic E-state index is 12.5. The van der Waals surface area contributed by atoms with Gasteiger partial charge in [-0.2, -0.15) is 4.98 Å².